The fourth-order valence-electron chi connectivity index (χ4n) is 1.83. The van der Waals surface area contributed by atoms with Gasteiger partial charge in [0.15, 0.2) is 0 Å². The van der Waals surface area contributed by atoms with E-state index < -0.39 is 0 Å². The van der Waals surface area contributed by atoms with Crippen molar-refractivity contribution in [3.05, 3.63) is 41.4 Å². The molecular formula is C13H15ClN2O. The van der Waals surface area contributed by atoms with Gasteiger partial charge in [-0.15, -0.1) is 0 Å². The Morgan fingerprint density at radius 2 is 1.82 bits per heavy atom. The molecule has 0 atom stereocenters. The van der Waals surface area contributed by atoms with E-state index >= 15 is 0 Å². The zero-order valence-corrected chi connectivity index (χ0v) is 10.3. The maximum atomic E-state index is 12.1. The van der Waals surface area contributed by atoms with Crippen molar-refractivity contribution in [2.75, 3.05) is 26.2 Å². The Morgan fingerprint density at radius 1 is 1.24 bits per heavy atom. The second kappa shape index (κ2) is 5.34. The van der Waals surface area contributed by atoms with Crippen LogP contribution in [0, 0.1) is 0 Å². The van der Waals surface area contributed by atoms with Gasteiger partial charge in [-0.05, 0) is 17.7 Å². The van der Waals surface area contributed by atoms with E-state index in [-0.39, 0.29) is 5.91 Å². The zero-order valence-electron chi connectivity index (χ0n) is 9.58. The second-order valence-electron chi connectivity index (χ2n) is 4.03. The van der Waals surface area contributed by atoms with Gasteiger partial charge < -0.3 is 10.2 Å². The first-order valence-electron chi connectivity index (χ1n) is 5.63. The van der Waals surface area contributed by atoms with E-state index in [1.54, 1.807) is 12.1 Å². The van der Waals surface area contributed by atoms with Crippen LogP contribution in [-0.4, -0.2) is 37.0 Å². The minimum Gasteiger partial charge on any atom is -0.336 e. The average Bonchev–Trinajstić information content (AvgIpc) is 2.39. The van der Waals surface area contributed by atoms with Gasteiger partial charge >= 0.3 is 0 Å². The highest BCUT2D eigenvalue weighted by Crippen LogP contribution is 2.18. The number of nitrogens with one attached hydrogen (secondary N) is 1. The number of carbonyl (C=O) groups excluding carboxylic acids is 1. The smallest absolute Gasteiger partial charge is 0.253 e. The molecule has 0 radical (unpaired) electrons. The molecule has 4 heteroatoms. The Kier molecular flexibility index (Phi) is 3.82. The highest BCUT2D eigenvalue weighted by molar-refractivity contribution is 6.30. The number of benzene rings is 1. The van der Waals surface area contributed by atoms with Crippen LogP contribution in [0.4, 0.5) is 0 Å². The third-order valence-corrected chi connectivity index (χ3v) is 3.11. The summed E-state index contributed by atoms with van der Waals surface area (Å²) in [6, 6.07) is 7.19. The number of amides is 1. The minimum atomic E-state index is 0.00817. The zero-order chi connectivity index (χ0) is 12.3. The van der Waals surface area contributed by atoms with Crippen molar-refractivity contribution in [3.63, 3.8) is 0 Å². The van der Waals surface area contributed by atoms with Crippen LogP contribution in [-0.2, 0) is 4.79 Å². The summed E-state index contributed by atoms with van der Waals surface area (Å²) < 4.78 is 0. The number of rotatable bonds is 2. The van der Waals surface area contributed by atoms with Crippen molar-refractivity contribution in [1.29, 1.82) is 0 Å². The van der Waals surface area contributed by atoms with Crippen LogP contribution < -0.4 is 5.32 Å². The standard InChI is InChI=1S/C13H15ClN2O/c1-10(11-2-4-12(14)5-3-11)13(17)16-8-6-15-7-9-16/h2-5,15H,1,6-9H2. The lowest BCUT2D eigenvalue weighted by atomic mass is 10.1. The molecule has 0 bridgehead atoms. The summed E-state index contributed by atoms with van der Waals surface area (Å²) in [7, 11) is 0. The Bertz CT molecular complexity index is 422. The van der Waals surface area contributed by atoms with E-state index in [1.807, 2.05) is 17.0 Å². The van der Waals surface area contributed by atoms with Crippen LogP contribution in [0.2, 0.25) is 5.02 Å². The monoisotopic (exact) mass is 250 g/mol. The number of halogens is 1. The number of hydrogen-bond acceptors (Lipinski definition) is 2. The van der Waals surface area contributed by atoms with E-state index in [9.17, 15) is 4.79 Å². The van der Waals surface area contributed by atoms with Crippen molar-refractivity contribution < 1.29 is 4.79 Å². The van der Waals surface area contributed by atoms with Crippen molar-refractivity contribution in [1.82, 2.24) is 10.2 Å². The third-order valence-electron chi connectivity index (χ3n) is 2.86. The SMILES string of the molecule is C=C(C(=O)N1CCNCC1)c1ccc(Cl)cc1. The normalized spacial score (nSPS) is 15.7. The van der Waals surface area contributed by atoms with Crippen LogP contribution in [0.1, 0.15) is 5.56 Å². The lowest BCUT2D eigenvalue weighted by molar-refractivity contribution is -0.125. The summed E-state index contributed by atoms with van der Waals surface area (Å²) in [4.78, 5) is 14.0. The maximum absolute atomic E-state index is 12.1. The first kappa shape index (κ1) is 12.1. The maximum Gasteiger partial charge on any atom is 0.253 e. The molecule has 1 heterocycles. The summed E-state index contributed by atoms with van der Waals surface area (Å²) in [5, 5.41) is 3.88. The molecule has 1 aliphatic heterocycles. The van der Waals surface area contributed by atoms with E-state index in [4.69, 9.17) is 11.6 Å². The molecule has 1 amide bonds. The molecular weight excluding hydrogens is 236 g/mol. The van der Waals surface area contributed by atoms with Crippen molar-refractivity contribution in [2.24, 2.45) is 0 Å². The third kappa shape index (κ3) is 2.87. The summed E-state index contributed by atoms with van der Waals surface area (Å²) in [5.74, 6) is 0.00817. The van der Waals surface area contributed by atoms with Crippen molar-refractivity contribution in [3.8, 4) is 0 Å². The molecule has 17 heavy (non-hydrogen) atoms. The topological polar surface area (TPSA) is 32.3 Å². The molecule has 0 aliphatic carbocycles. The summed E-state index contributed by atoms with van der Waals surface area (Å²) in [5.41, 5.74) is 1.36. The van der Waals surface area contributed by atoms with Crippen LogP contribution in [0.3, 0.4) is 0 Å². The van der Waals surface area contributed by atoms with Gasteiger partial charge in [-0.1, -0.05) is 30.3 Å². The van der Waals surface area contributed by atoms with E-state index in [1.165, 1.54) is 0 Å². The predicted octanol–water partition coefficient (Wildman–Crippen LogP) is 1.79. The van der Waals surface area contributed by atoms with Gasteiger partial charge in [0.05, 0.1) is 0 Å². The van der Waals surface area contributed by atoms with Gasteiger partial charge in [-0.3, -0.25) is 4.79 Å². The molecule has 1 fully saturated rings. The Morgan fingerprint density at radius 3 is 2.41 bits per heavy atom. The predicted molar refractivity (Wildman–Crippen MR) is 69.9 cm³/mol. The summed E-state index contributed by atoms with van der Waals surface area (Å²) >= 11 is 5.81. The Hall–Kier alpha value is -1.32. The molecule has 2 rings (SSSR count). The molecule has 3 nitrogen and oxygen atoms in total. The highest BCUT2D eigenvalue weighted by Gasteiger charge is 2.19. The van der Waals surface area contributed by atoms with E-state index in [0.717, 1.165) is 31.7 Å². The van der Waals surface area contributed by atoms with Crippen molar-refractivity contribution >= 4 is 23.1 Å². The number of nitrogens with zero attached hydrogens (tertiary/aromatic N) is 1. The van der Waals surface area contributed by atoms with E-state index in [0.29, 0.717) is 10.6 Å². The largest absolute Gasteiger partial charge is 0.336 e. The lowest BCUT2D eigenvalue weighted by Crippen LogP contribution is -2.46. The van der Waals surface area contributed by atoms with Crippen LogP contribution in [0.5, 0.6) is 0 Å². The molecule has 1 N–H and O–H groups in total. The van der Waals surface area contributed by atoms with Crippen molar-refractivity contribution in [2.45, 2.75) is 0 Å². The first-order valence-corrected chi connectivity index (χ1v) is 6.01. The highest BCUT2D eigenvalue weighted by atomic mass is 35.5. The molecule has 0 saturated carbocycles. The molecule has 90 valence electrons. The average molecular weight is 251 g/mol. The van der Waals surface area contributed by atoms with Gasteiger partial charge in [-0.2, -0.15) is 0 Å². The first-order chi connectivity index (χ1) is 8.18. The lowest BCUT2D eigenvalue weighted by Gasteiger charge is -2.28. The van der Waals surface area contributed by atoms with Crippen LogP contribution in [0.15, 0.2) is 30.8 Å². The number of hydrogen-bond donors (Lipinski definition) is 1. The number of carbonyl (C=O) groups is 1. The molecule has 0 unspecified atom stereocenters. The summed E-state index contributed by atoms with van der Waals surface area (Å²) in [6.07, 6.45) is 0. The Labute approximate surface area is 106 Å². The van der Waals surface area contributed by atoms with Gasteiger partial charge in [0.1, 0.15) is 0 Å². The summed E-state index contributed by atoms with van der Waals surface area (Å²) in [6.45, 7) is 7.05. The van der Waals surface area contributed by atoms with E-state index in [2.05, 4.69) is 11.9 Å². The molecule has 1 aliphatic rings. The van der Waals surface area contributed by atoms with Gasteiger partial charge in [0.2, 0.25) is 0 Å². The number of piperazine rings is 1. The molecule has 0 spiro atoms. The van der Waals surface area contributed by atoms with Gasteiger partial charge in [0.25, 0.3) is 5.91 Å². The molecule has 0 aromatic heterocycles. The van der Waals surface area contributed by atoms with Crippen LogP contribution >= 0.6 is 11.6 Å². The molecule has 1 aromatic carbocycles. The fraction of sp³-hybridized carbons (Fsp3) is 0.308. The Balaban J connectivity index is 2.08. The second-order valence-corrected chi connectivity index (χ2v) is 4.46. The fourth-order valence-corrected chi connectivity index (χ4v) is 1.96. The molecule has 1 aromatic rings. The van der Waals surface area contributed by atoms with Crippen LogP contribution in [0.25, 0.3) is 5.57 Å². The van der Waals surface area contributed by atoms with Gasteiger partial charge in [-0.25, -0.2) is 0 Å². The molecule has 1 saturated heterocycles. The quantitative estimate of drug-likeness (QED) is 0.812. The minimum absolute atomic E-state index is 0.00817. The van der Waals surface area contributed by atoms with Gasteiger partial charge in [0, 0.05) is 36.8 Å².